The number of anilines is 2. The number of carbonyl (C=O) groups is 1. The van der Waals surface area contributed by atoms with E-state index in [1.807, 2.05) is 30.3 Å². The van der Waals surface area contributed by atoms with Gasteiger partial charge in [0, 0.05) is 19.6 Å². The lowest BCUT2D eigenvalue weighted by Gasteiger charge is -2.29. The van der Waals surface area contributed by atoms with Gasteiger partial charge >= 0.3 is 5.97 Å². The molecule has 170 valence electrons. The van der Waals surface area contributed by atoms with E-state index in [4.69, 9.17) is 4.74 Å². The summed E-state index contributed by atoms with van der Waals surface area (Å²) in [5.74, 6) is 0.473. The van der Waals surface area contributed by atoms with Crippen molar-refractivity contribution in [3.63, 3.8) is 0 Å². The van der Waals surface area contributed by atoms with Crippen molar-refractivity contribution in [1.82, 2.24) is 0 Å². The molecule has 1 aliphatic carbocycles. The molecule has 0 atom stereocenters. The van der Waals surface area contributed by atoms with Crippen LogP contribution in [0.1, 0.15) is 56.3 Å². The molecular formula is C27H34N2O3. The standard InChI is InChI=1S/C27H34N2O3/c1-3-5-16-29(17-6-4-2)25-19-22(27(30)31)18-24(28-20-21-12-10-11-13-21)26(25)32-23-14-8-7-9-15-23/h7-12,14-15,18-19,28H,3-6,13,16-17,20H2,1-2H3,(H,30,31). The number of hydrogen-bond donors (Lipinski definition) is 2. The van der Waals surface area contributed by atoms with Crippen molar-refractivity contribution < 1.29 is 14.6 Å². The molecule has 32 heavy (non-hydrogen) atoms. The summed E-state index contributed by atoms with van der Waals surface area (Å²) in [7, 11) is 0. The zero-order valence-corrected chi connectivity index (χ0v) is 19.1. The average Bonchev–Trinajstić information content (AvgIpc) is 3.33. The second-order valence-corrected chi connectivity index (χ2v) is 8.10. The second-order valence-electron chi connectivity index (χ2n) is 8.10. The first kappa shape index (κ1) is 23.5. The normalized spacial score (nSPS) is 12.5. The summed E-state index contributed by atoms with van der Waals surface area (Å²) in [6, 6.07) is 13.1. The third-order valence-corrected chi connectivity index (χ3v) is 5.54. The lowest BCUT2D eigenvalue weighted by molar-refractivity contribution is 0.0697. The Kier molecular flexibility index (Phi) is 8.79. The molecule has 0 amide bonds. The molecule has 5 nitrogen and oxygen atoms in total. The van der Waals surface area contributed by atoms with Gasteiger partial charge in [0.1, 0.15) is 5.75 Å². The monoisotopic (exact) mass is 434 g/mol. The Hall–Kier alpha value is -3.21. The van der Waals surface area contributed by atoms with Crippen LogP contribution in [0.3, 0.4) is 0 Å². The van der Waals surface area contributed by atoms with Gasteiger partial charge in [0.05, 0.1) is 16.9 Å². The Morgan fingerprint density at radius 2 is 1.81 bits per heavy atom. The van der Waals surface area contributed by atoms with Crippen LogP contribution in [0.5, 0.6) is 11.5 Å². The Morgan fingerprint density at radius 1 is 1.09 bits per heavy atom. The second kappa shape index (κ2) is 12.0. The highest BCUT2D eigenvalue weighted by Gasteiger charge is 2.21. The number of allylic oxidation sites excluding steroid dienone is 3. The largest absolute Gasteiger partial charge is 0.478 e. The molecule has 0 aromatic heterocycles. The van der Waals surface area contributed by atoms with E-state index in [9.17, 15) is 9.90 Å². The first-order valence-electron chi connectivity index (χ1n) is 11.6. The van der Waals surface area contributed by atoms with Crippen LogP contribution in [0.15, 0.2) is 66.3 Å². The van der Waals surface area contributed by atoms with Crippen LogP contribution >= 0.6 is 0 Å². The lowest BCUT2D eigenvalue weighted by Crippen LogP contribution is -2.26. The van der Waals surface area contributed by atoms with Gasteiger partial charge in [0.2, 0.25) is 0 Å². The smallest absolute Gasteiger partial charge is 0.335 e. The number of unbranched alkanes of at least 4 members (excludes halogenated alkanes) is 2. The molecule has 5 heteroatoms. The highest BCUT2D eigenvalue weighted by molar-refractivity contribution is 5.93. The molecule has 0 saturated heterocycles. The Morgan fingerprint density at radius 3 is 2.41 bits per heavy atom. The van der Waals surface area contributed by atoms with Crippen LogP contribution in [0.4, 0.5) is 11.4 Å². The van der Waals surface area contributed by atoms with Crippen molar-refractivity contribution in [3.05, 3.63) is 71.8 Å². The van der Waals surface area contributed by atoms with Gasteiger partial charge in [-0.3, -0.25) is 0 Å². The Bertz CT molecular complexity index is 943. The van der Waals surface area contributed by atoms with E-state index < -0.39 is 5.97 Å². The summed E-state index contributed by atoms with van der Waals surface area (Å²) in [4.78, 5) is 14.3. The average molecular weight is 435 g/mol. The van der Waals surface area contributed by atoms with E-state index in [2.05, 4.69) is 42.3 Å². The molecule has 0 spiro atoms. The van der Waals surface area contributed by atoms with Crippen LogP contribution in [0, 0.1) is 0 Å². The van der Waals surface area contributed by atoms with Gasteiger partial charge in [0.25, 0.3) is 0 Å². The molecule has 2 aromatic carbocycles. The molecule has 3 rings (SSSR count). The van der Waals surface area contributed by atoms with Crippen molar-refractivity contribution in [1.29, 1.82) is 0 Å². The summed E-state index contributed by atoms with van der Waals surface area (Å²) < 4.78 is 6.40. The third-order valence-electron chi connectivity index (χ3n) is 5.54. The van der Waals surface area contributed by atoms with E-state index in [1.54, 1.807) is 12.1 Å². The summed E-state index contributed by atoms with van der Waals surface area (Å²) >= 11 is 0. The number of hydrogen-bond acceptors (Lipinski definition) is 4. The van der Waals surface area contributed by atoms with Crippen molar-refractivity contribution >= 4 is 17.3 Å². The predicted octanol–water partition coefficient (Wildman–Crippen LogP) is 6.88. The Balaban J connectivity index is 2.05. The van der Waals surface area contributed by atoms with Gasteiger partial charge in [-0.1, -0.05) is 63.1 Å². The maximum atomic E-state index is 12.0. The summed E-state index contributed by atoms with van der Waals surface area (Å²) in [6.45, 7) is 6.70. The number of rotatable bonds is 13. The van der Waals surface area contributed by atoms with Crippen molar-refractivity contribution in [3.8, 4) is 11.5 Å². The van der Waals surface area contributed by atoms with Gasteiger partial charge in [-0.15, -0.1) is 0 Å². The van der Waals surface area contributed by atoms with Crippen molar-refractivity contribution in [2.24, 2.45) is 0 Å². The fourth-order valence-electron chi connectivity index (χ4n) is 3.70. The van der Waals surface area contributed by atoms with Crippen LogP contribution in [0.2, 0.25) is 0 Å². The minimum atomic E-state index is -0.937. The van der Waals surface area contributed by atoms with Gasteiger partial charge in [0.15, 0.2) is 5.75 Å². The van der Waals surface area contributed by atoms with E-state index in [0.717, 1.165) is 56.6 Å². The number of carboxylic acid groups (broad SMARTS) is 1. The fourth-order valence-corrected chi connectivity index (χ4v) is 3.70. The number of nitrogens with zero attached hydrogens (tertiary/aromatic N) is 1. The molecule has 0 saturated carbocycles. The van der Waals surface area contributed by atoms with Crippen LogP contribution in [-0.2, 0) is 0 Å². The van der Waals surface area contributed by atoms with Gasteiger partial charge in [-0.2, -0.15) is 0 Å². The molecule has 0 radical (unpaired) electrons. The molecule has 0 heterocycles. The highest BCUT2D eigenvalue weighted by Crippen LogP contribution is 2.41. The van der Waals surface area contributed by atoms with Crippen molar-refractivity contribution in [2.45, 2.75) is 46.0 Å². The SMILES string of the molecule is CCCCN(CCCC)c1cc(C(=O)O)cc(NCC2=CC=CC2)c1Oc1ccccc1. The van der Waals surface area contributed by atoms with Gasteiger partial charge < -0.3 is 20.1 Å². The topological polar surface area (TPSA) is 61.8 Å². The summed E-state index contributed by atoms with van der Waals surface area (Å²) in [5.41, 5.74) is 3.05. The van der Waals surface area contributed by atoms with Crippen molar-refractivity contribution in [2.75, 3.05) is 29.9 Å². The number of ether oxygens (including phenoxy) is 1. The number of benzene rings is 2. The Labute approximate surface area is 191 Å². The molecule has 0 unspecified atom stereocenters. The zero-order chi connectivity index (χ0) is 22.8. The number of carboxylic acids is 1. The molecule has 1 aliphatic rings. The molecule has 0 bridgehead atoms. The van der Waals surface area contributed by atoms with E-state index in [0.29, 0.717) is 18.0 Å². The van der Waals surface area contributed by atoms with E-state index in [1.165, 1.54) is 5.57 Å². The van der Waals surface area contributed by atoms with E-state index >= 15 is 0 Å². The summed E-state index contributed by atoms with van der Waals surface area (Å²) in [6.07, 6.45) is 11.4. The molecule has 0 aliphatic heterocycles. The zero-order valence-electron chi connectivity index (χ0n) is 19.1. The molecule has 0 fully saturated rings. The maximum absolute atomic E-state index is 12.0. The molecule has 2 aromatic rings. The summed E-state index contributed by atoms with van der Waals surface area (Å²) in [5, 5.41) is 13.3. The van der Waals surface area contributed by atoms with Gasteiger partial charge in [-0.25, -0.2) is 4.79 Å². The lowest BCUT2D eigenvalue weighted by atomic mass is 10.1. The minimum Gasteiger partial charge on any atom is -0.478 e. The molecule has 2 N–H and O–H groups in total. The first-order valence-corrected chi connectivity index (χ1v) is 11.6. The van der Waals surface area contributed by atoms with Crippen LogP contribution in [-0.4, -0.2) is 30.7 Å². The predicted molar refractivity (Wildman–Crippen MR) is 132 cm³/mol. The number of aromatic carboxylic acids is 1. The quantitative estimate of drug-likeness (QED) is 0.360. The number of nitrogens with one attached hydrogen (secondary N) is 1. The van der Waals surface area contributed by atoms with Gasteiger partial charge in [-0.05, 0) is 49.1 Å². The minimum absolute atomic E-state index is 0.263. The maximum Gasteiger partial charge on any atom is 0.335 e. The van der Waals surface area contributed by atoms with Crippen LogP contribution < -0.4 is 15.0 Å². The first-order chi connectivity index (χ1) is 15.6. The fraction of sp³-hybridized carbons (Fsp3) is 0.370. The highest BCUT2D eigenvalue weighted by atomic mass is 16.5. The third kappa shape index (κ3) is 6.39. The van der Waals surface area contributed by atoms with Crippen LogP contribution in [0.25, 0.3) is 0 Å². The molecular weight excluding hydrogens is 400 g/mol. The number of para-hydroxylation sites is 1. The van der Waals surface area contributed by atoms with E-state index in [-0.39, 0.29) is 5.56 Å².